The number of nitrogens with zero attached hydrogens (tertiary/aromatic N) is 4. The van der Waals surface area contributed by atoms with E-state index in [0.29, 0.717) is 23.3 Å². The van der Waals surface area contributed by atoms with Gasteiger partial charge < -0.3 is 25.4 Å². The summed E-state index contributed by atoms with van der Waals surface area (Å²) in [4.78, 5) is 18.1. The summed E-state index contributed by atoms with van der Waals surface area (Å²) in [5.41, 5.74) is 7.43. The highest BCUT2D eigenvalue weighted by Gasteiger charge is 2.13. The van der Waals surface area contributed by atoms with Crippen molar-refractivity contribution in [2.75, 3.05) is 25.3 Å². The van der Waals surface area contributed by atoms with Gasteiger partial charge in [-0.15, -0.1) is 0 Å². The Morgan fingerprint density at radius 2 is 1.76 bits per heavy atom. The molecule has 0 radical (unpaired) electrons. The number of anilines is 3. The van der Waals surface area contributed by atoms with E-state index in [1.165, 1.54) is 0 Å². The van der Waals surface area contributed by atoms with Crippen molar-refractivity contribution in [3.63, 3.8) is 0 Å². The third-order valence-corrected chi connectivity index (χ3v) is 3.89. The van der Waals surface area contributed by atoms with Gasteiger partial charge >= 0.3 is 0 Å². The molecule has 9 heteroatoms. The predicted molar refractivity (Wildman–Crippen MR) is 111 cm³/mol. The van der Waals surface area contributed by atoms with Crippen molar-refractivity contribution in [1.29, 1.82) is 0 Å². The summed E-state index contributed by atoms with van der Waals surface area (Å²) in [5, 5.41) is 7.09. The van der Waals surface area contributed by atoms with Gasteiger partial charge in [0.05, 0.1) is 20.4 Å². The first-order valence-corrected chi connectivity index (χ1v) is 8.83. The first kappa shape index (κ1) is 19.9. The maximum Gasteiger partial charge on any atom is 0.232 e. The van der Waals surface area contributed by atoms with E-state index in [1.807, 2.05) is 36.4 Å². The molecule has 9 nitrogen and oxygen atoms in total. The number of nitrogens with two attached hydrogens (primary N) is 1. The zero-order chi connectivity index (χ0) is 20.6. The van der Waals surface area contributed by atoms with Gasteiger partial charge in [-0.05, 0) is 37.3 Å². The number of para-hydroxylation sites is 1. The summed E-state index contributed by atoms with van der Waals surface area (Å²) in [6.07, 6.45) is 1.03. The predicted octanol–water partition coefficient (Wildman–Crippen LogP) is 3.33. The van der Waals surface area contributed by atoms with Crippen molar-refractivity contribution in [2.24, 2.45) is 5.16 Å². The minimum atomic E-state index is -0.534. The van der Waals surface area contributed by atoms with E-state index in [4.69, 9.17) is 20.0 Å². The number of oxime groups is 1. The number of rotatable bonds is 8. The standard InChI is InChI=1S/C20H22N6O3/c1-13(29-22-12-14-9-10-16(27-2)17(11-14)28-3)18-24-19(21)26-20(25-18)23-15-7-5-4-6-8-15/h4-13H,1-3H3,(H3,21,23,24,25,26). The number of ether oxygens (including phenoxy) is 2. The molecule has 0 bridgehead atoms. The van der Waals surface area contributed by atoms with Gasteiger partial charge in [0.1, 0.15) is 0 Å². The Morgan fingerprint density at radius 1 is 1.00 bits per heavy atom. The second-order valence-electron chi connectivity index (χ2n) is 5.96. The van der Waals surface area contributed by atoms with Gasteiger partial charge in [-0.25, -0.2) is 0 Å². The molecular weight excluding hydrogens is 372 g/mol. The van der Waals surface area contributed by atoms with Crippen LogP contribution < -0.4 is 20.5 Å². The minimum absolute atomic E-state index is 0.0905. The van der Waals surface area contributed by atoms with Crippen LogP contribution in [0.5, 0.6) is 11.5 Å². The summed E-state index contributed by atoms with van der Waals surface area (Å²) in [6, 6.07) is 14.9. The molecule has 0 aliphatic heterocycles. The average Bonchev–Trinajstić information content (AvgIpc) is 2.73. The third-order valence-electron chi connectivity index (χ3n) is 3.89. The average molecular weight is 394 g/mol. The van der Waals surface area contributed by atoms with Crippen molar-refractivity contribution in [3.8, 4) is 11.5 Å². The largest absolute Gasteiger partial charge is 0.493 e. The maximum absolute atomic E-state index is 5.81. The molecule has 0 spiro atoms. The van der Waals surface area contributed by atoms with Gasteiger partial charge in [0.25, 0.3) is 0 Å². The summed E-state index contributed by atoms with van der Waals surface area (Å²) in [6.45, 7) is 1.77. The lowest BCUT2D eigenvalue weighted by molar-refractivity contribution is 0.0673. The SMILES string of the molecule is COc1ccc(C=NOC(C)c2nc(N)nc(Nc3ccccc3)n2)cc1OC. The summed E-state index contributed by atoms with van der Waals surface area (Å²) in [7, 11) is 3.15. The van der Waals surface area contributed by atoms with Crippen molar-refractivity contribution in [2.45, 2.75) is 13.0 Å². The second kappa shape index (κ2) is 9.36. The Bertz CT molecular complexity index is 981. The summed E-state index contributed by atoms with van der Waals surface area (Å²) in [5.74, 6) is 2.02. The topological polar surface area (TPSA) is 117 Å². The maximum atomic E-state index is 5.81. The number of nitrogens with one attached hydrogen (secondary N) is 1. The zero-order valence-electron chi connectivity index (χ0n) is 16.4. The van der Waals surface area contributed by atoms with E-state index in [1.54, 1.807) is 39.5 Å². The smallest absolute Gasteiger partial charge is 0.232 e. The number of methoxy groups -OCH3 is 2. The molecule has 3 aromatic rings. The highest BCUT2D eigenvalue weighted by molar-refractivity contribution is 5.80. The molecule has 0 saturated heterocycles. The molecule has 2 aromatic carbocycles. The highest BCUT2D eigenvalue weighted by atomic mass is 16.6. The van der Waals surface area contributed by atoms with Gasteiger partial charge in [0.2, 0.25) is 11.9 Å². The molecule has 3 N–H and O–H groups in total. The Hall–Kier alpha value is -3.88. The Balaban J connectivity index is 1.69. The Kier molecular flexibility index (Phi) is 6.41. The van der Waals surface area contributed by atoms with E-state index in [2.05, 4.69) is 25.4 Å². The van der Waals surface area contributed by atoms with Crippen LogP contribution >= 0.6 is 0 Å². The van der Waals surface area contributed by atoms with Crippen LogP contribution in [0.15, 0.2) is 53.7 Å². The minimum Gasteiger partial charge on any atom is -0.493 e. The van der Waals surface area contributed by atoms with Crippen LogP contribution in [0.25, 0.3) is 0 Å². The summed E-state index contributed by atoms with van der Waals surface area (Å²) >= 11 is 0. The molecule has 1 aromatic heterocycles. The Morgan fingerprint density at radius 3 is 2.48 bits per heavy atom. The second-order valence-corrected chi connectivity index (χ2v) is 5.96. The normalized spacial score (nSPS) is 11.8. The fourth-order valence-corrected chi connectivity index (χ4v) is 2.46. The van der Waals surface area contributed by atoms with E-state index in [9.17, 15) is 0 Å². The fraction of sp³-hybridized carbons (Fsp3) is 0.200. The van der Waals surface area contributed by atoms with Crippen LogP contribution in [0.2, 0.25) is 0 Å². The molecule has 0 saturated carbocycles. The highest BCUT2D eigenvalue weighted by Crippen LogP contribution is 2.27. The van der Waals surface area contributed by atoms with Crippen molar-refractivity contribution in [3.05, 3.63) is 59.9 Å². The lowest BCUT2D eigenvalue weighted by Crippen LogP contribution is -2.10. The van der Waals surface area contributed by atoms with Crippen LogP contribution in [-0.4, -0.2) is 35.4 Å². The van der Waals surface area contributed by atoms with Gasteiger partial charge in [0, 0.05) is 11.3 Å². The molecule has 1 unspecified atom stereocenters. The first-order chi connectivity index (χ1) is 14.1. The molecule has 1 atom stereocenters. The van der Waals surface area contributed by atoms with Crippen LogP contribution in [0.3, 0.4) is 0 Å². The lowest BCUT2D eigenvalue weighted by atomic mass is 10.2. The number of aromatic nitrogens is 3. The van der Waals surface area contributed by atoms with Crippen molar-refractivity contribution in [1.82, 2.24) is 15.0 Å². The molecule has 1 heterocycles. The van der Waals surface area contributed by atoms with Crippen molar-refractivity contribution >= 4 is 23.8 Å². The zero-order valence-corrected chi connectivity index (χ0v) is 16.4. The molecule has 0 fully saturated rings. The summed E-state index contributed by atoms with van der Waals surface area (Å²) < 4.78 is 10.5. The van der Waals surface area contributed by atoms with Crippen LogP contribution in [-0.2, 0) is 4.84 Å². The van der Waals surface area contributed by atoms with Gasteiger partial charge in [-0.2, -0.15) is 15.0 Å². The van der Waals surface area contributed by atoms with E-state index in [0.717, 1.165) is 11.3 Å². The molecular formula is C20H22N6O3. The van der Waals surface area contributed by atoms with Crippen LogP contribution in [0.1, 0.15) is 24.4 Å². The van der Waals surface area contributed by atoms with Crippen LogP contribution in [0, 0.1) is 0 Å². The Labute approximate surface area is 168 Å². The number of nitrogen functional groups attached to an aromatic ring is 1. The number of hydrogen-bond donors (Lipinski definition) is 2. The van der Waals surface area contributed by atoms with Crippen molar-refractivity contribution < 1.29 is 14.3 Å². The molecule has 0 amide bonds. The number of benzene rings is 2. The van der Waals surface area contributed by atoms with Crippen LogP contribution in [0.4, 0.5) is 17.6 Å². The quantitative estimate of drug-likeness (QED) is 0.441. The molecule has 150 valence electrons. The molecule has 0 aliphatic carbocycles. The lowest BCUT2D eigenvalue weighted by Gasteiger charge is -2.11. The first-order valence-electron chi connectivity index (χ1n) is 8.83. The van der Waals surface area contributed by atoms with E-state index < -0.39 is 6.10 Å². The fourth-order valence-electron chi connectivity index (χ4n) is 2.46. The van der Waals surface area contributed by atoms with E-state index in [-0.39, 0.29) is 5.95 Å². The third kappa shape index (κ3) is 5.32. The number of hydrogen-bond acceptors (Lipinski definition) is 9. The van der Waals surface area contributed by atoms with E-state index >= 15 is 0 Å². The molecule has 3 rings (SSSR count). The molecule has 29 heavy (non-hydrogen) atoms. The molecule has 0 aliphatic rings. The van der Waals surface area contributed by atoms with Gasteiger partial charge in [-0.1, -0.05) is 23.4 Å². The van der Waals surface area contributed by atoms with Gasteiger partial charge in [0.15, 0.2) is 23.4 Å². The monoisotopic (exact) mass is 394 g/mol. The van der Waals surface area contributed by atoms with Gasteiger partial charge in [-0.3, -0.25) is 0 Å².